The molecule has 0 saturated carbocycles. The van der Waals surface area contributed by atoms with Crippen molar-refractivity contribution in [2.45, 2.75) is 0 Å². The number of aromatic nitrogens is 1. The summed E-state index contributed by atoms with van der Waals surface area (Å²) in [5.41, 5.74) is 8.60. The molecule has 0 bridgehead atoms. The zero-order chi connectivity index (χ0) is 28.3. The van der Waals surface area contributed by atoms with Gasteiger partial charge in [0.1, 0.15) is 0 Å². The summed E-state index contributed by atoms with van der Waals surface area (Å²) in [4.78, 5) is 0. The average molecular weight is 546 g/mol. The molecule has 0 N–H and O–H groups in total. The zero-order valence-corrected chi connectivity index (χ0v) is 23.5. The highest BCUT2D eigenvalue weighted by atomic mass is 15.0. The molecule has 1 heteroatoms. The van der Waals surface area contributed by atoms with Crippen molar-refractivity contribution in [3.05, 3.63) is 164 Å². The fourth-order valence-electron chi connectivity index (χ4n) is 6.99. The molecule has 1 aromatic heterocycles. The molecule has 0 atom stereocenters. The first-order valence-electron chi connectivity index (χ1n) is 14.9. The molecule has 0 radical (unpaired) electrons. The Kier molecular flexibility index (Phi) is 5.27. The van der Waals surface area contributed by atoms with Crippen LogP contribution in [-0.4, -0.2) is 4.57 Å². The monoisotopic (exact) mass is 545 g/mol. The van der Waals surface area contributed by atoms with Gasteiger partial charge in [0.25, 0.3) is 0 Å². The minimum atomic E-state index is 1.18. The van der Waals surface area contributed by atoms with E-state index in [-0.39, 0.29) is 0 Å². The molecule has 200 valence electrons. The molecule has 9 rings (SSSR count). The van der Waals surface area contributed by atoms with E-state index < -0.39 is 0 Å². The van der Waals surface area contributed by atoms with Crippen LogP contribution in [0.25, 0.3) is 82.1 Å². The van der Waals surface area contributed by atoms with Gasteiger partial charge in [-0.15, -0.1) is 0 Å². The molecule has 0 aliphatic carbocycles. The van der Waals surface area contributed by atoms with Gasteiger partial charge in [0.2, 0.25) is 0 Å². The normalized spacial score (nSPS) is 11.7. The van der Waals surface area contributed by atoms with Crippen LogP contribution in [0.15, 0.2) is 164 Å². The van der Waals surface area contributed by atoms with Crippen LogP contribution >= 0.6 is 0 Å². The molecule has 0 amide bonds. The van der Waals surface area contributed by atoms with Crippen LogP contribution in [0, 0.1) is 0 Å². The van der Waals surface area contributed by atoms with E-state index in [1.807, 2.05) is 0 Å². The summed E-state index contributed by atoms with van der Waals surface area (Å²) in [5, 5.41) is 10.2. The zero-order valence-electron chi connectivity index (χ0n) is 23.5. The van der Waals surface area contributed by atoms with Gasteiger partial charge in [-0.3, -0.25) is 0 Å². The van der Waals surface area contributed by atoms with Crippen molar-refractivity contribution in [3.8, 4) is 27.9 Å². The van der Waals surface area contributed by atoms with Crippen LogP contribution in [0.3, 0.4) is 0 Å². The summed E-state index contributed by atoms with van der Waals surface area (Å²) >= 11 is 0. The maximum Gasteiger partial charge on any atom is 0.0541 e. The Bertz CT molecular complexity index is 2500. The van der Waals surface area contributed by atoms with Gasteiger partial charge in [-0.1, -0.05) is 121 Å². The second kappa shape index (κ2) is 9.44. The third-order valence-electron chi connectivity index (χ3n) is 8.94. The number of para-hydroxylation sites is 2. The van der Waals surface area contributed by atoms with Gasteiger partial charge in [-0.2, -0.15) is 0 Å². The molecule has 1 nitrogen and oxygen atoms in total. The number of fused-ring (bicyclic) bond motifs is 7. The van der Waals surface area contributed by atoms with Crippen LogP contribution in [0.4, 0.5) is 0 Å². The lowest BCUT2D eigenvalue weighted by atomic mass is 9.89. The predicted octanol–water partition coefficient (Wildman–Crippen LogP) is 11.6. The molecule has 0 spiro atoms. The van der Waals surface area contributed by atoms with E-state index in [4.69, 9.17) is 0 Å². The lowest BCUT2D eigenvalue weighted by Crippen LogP contribution is -1.92. The fraction of sp³-hybridized carbons (Fsp3) is 0. The smallest absolute Gasteiger partial charge is 0.0541 e. The topological polar surface area (TPSA) is 4.93 Å². The Morgan fingerprint density at radius 3 is 1.86 bits per heavy atom. The molecule has 43 heavy (non-hydrogen) atoms. The third-order valence-corrected chi connectivity index (χ3v) is 8.94. The molecule has 8 aromatic carbocycles. The molecule has 9 aromatic rings. The van der Waals surface area contributed by atoms with Gasteiger partial charge in [0.15, 0.2) is 0 Å². The van der Waals surface area contributed by atoms with Crippen molar-refractivity contribution in [1.82, 2.24) is 4.57 Å². The van der Waals surface area contributed by atoms with E-state index in [0.29, 0.717) is 0 Å². The Balaban J connectivity index is 1.27. The second-order valence-electron chi connectivity index (χ2n) is 11.4. The number of hydrogen-bond acceptors (Lipinski definition) is 0. The van der Waals surface area contributed by atoms with Crippen molar-refractivity contribution >= 4 is 54.1 Å². The maximum absolute atomic E-state index is 2.37. The van der Waals surface area contributed by atoms with Crippen LogP contribution in [0.1, 0.15) is 0 Å². The van der Waals surface area contributed by atoms with E-state index in [9.17, 15) is 0 Å². The number of rotatable bonds is 3. The van der Waals surface area contributed by atoms with Crippen molar-refractivity contribution in [2.75, 3.05) is 0 Å². The number of nitrogens with zero attached hydrogens (tertiary/aromatic N) is 1. The largest absolute Gasteiger partial charge is 0.309 e. The highest BCUT2D eigenvalue weighted by Gasteiger charge is 2.15. The molecule has 0 fully saturated rings. The minimum absolute atomic E-state index is 1.18. The Labute approximate surface area is 249 Å². The van der Waals surface area contributed by atoms with Crippen LogP contribution in [0.5, 0.6) is 0 Å². The van der Waals surface area contributed by atoms with E-state index in [0.717, 1.165) is 0 Å². The number of hydrogen-bond donors (Lipinski definition) is 0. The standard InChI is InChI=1S/C42H27N/c1-2-15-33(16-3-1)43-40-20-9-8-19-36(40)39-26-30(22-24-41(39)43)29-13-10-14-32(25-29)42-35-18-7-5-12-31(35)27-38-34-17-6-4-11-28(34)21-23-37(38)42/h1-27H. The lowest BCUT2D eigenvalue weighted by molar-refractivity contribution is 1.18. The first-order chi connectivity index (χ1) is 21.3. The average Bonchev–Trinajstić information content (AvgIpc) is 3.41. The van der Waals surface area contributed by atoms with Crippen LogP contribution in [0.2, 0.25) is 0 Å². The number of benzene rings is 8. The van der Waals surface area contributed by atoms with E-state index in [1.54, 1.807) is 0 Å². The summed E-state index contributed by atoms with van der Waals surface area (Å²) in [5.74, 6) is 0. The molecule has 0 saturated heterocycles. The Hall–Kier alpha value is -5.66. The van der Waals surface area contributed by atoms with Crippen LogP contribution < -0.4 is 0 Å². The van der Waals surface area contributed by atoms with Gasteiger partial charge < -0.3 is 4.57 Å². The van der Waals surface area contributed by atoms with Crippen molar-refractivity contribution in [2.24, 2.45) is 0 Å². The molecule has 1 heterocycles. The molecular formula is C42H27N. The molecule has 0 aliphatic heterocycles. The summed E-state index contributed by atoms with van der Waals surface area (Å²) in [6, 6.07) is 59.8. The molecule has 0 unspecified atom stereocenters. The summed E-state index contributed by atoms with van der Waals surface area (Å²) in [7, 11) is 0. The summed E-state index contributed by atoms with van der Waals surface area (Å²) in [6.45, 7) is 0. The molecule has 0 aliphatic rings. The van der Waals surface area contributed by atoms with Crippen molar-refractivity contribution in [1.29, 1.82) is 0 Å². The summed E-state index contributed by atoms with van der Waals surface area (Å²) in [6.07, 6.45) is 0. The first-order valence-corrected chi connectivity index (χ1v) is 14.9. The SMILES string of the molecule is c1ccc(-n2c3ccccc3c3cc(-c4cccc(-c5c6ccccc6cc6c5ccc5ccccc56)c4)ccc32)cc1. The Morgan fingerprint density at radius 2 is 0.977 bits per heavy atom. The fourth-order valence-corrected chi connectivity index (χ4v) is 6.99. The van der Waals surface area contributed by atoms with Gasteiger partial charge >= 0.3 is 0 Å². The van der Waals surface area contributed by atoms with Gasteiger partial charge in [-0.25, -0.2) is 0 Å². The Morgan fingerprint density at radius 1 is 0.302 bits per heavy atom. The van der Waals surface area contributed by atoms with Crippen LogP contribution in [-0.2, 0) is 0 Å². The molecular weight excluding hydrogens is 518 g/mol. The van der Waals surface area contributed by atoms with Crippen molar-refractivity contribution in [3.63, 3.8) is 0 Å². The second-order valence-corrected chi connectivity index (χ2v) is 11.4. The van der Waals surface area contributed by atoms with E-state index in [2.05, 4.69) is 168 Å². The predicted molar refractivity (Wildman–Crippen MR) is 184 cm³/mol. The van der Waals surface area contributed by atoms with E-state index in [1.165, 1.54) is 82.1 Å². The highest BCUT2D eigenvalue weighted by molar-refractivity contribution is 6.20. The first kappa shape index (κ1) is 24.0. The third kappa shape index (κ3) is 3.72. The van der Waals surface area contributed by atoms with Crippen molar-refractivity contribution < 1.29 is 0 Å². The lowest BCUT2D eigenvalue weighted by Gasteiger charge is -2.15. The summed E-state index contributed by atoms with van der Waals surface area (Å²) < 4.78 is 2.37. The maximum atomic E-state index is 2.37. The quantitative estimate of drug-likeness (QED) is 0.154. The van der Waals surface area contributed by atoms with E-state index >= 15 is 0 Å². The highest BCUT2D eigenvalue weighted by Crippen LogP contribution is 2.41. The van der Waals surface area contributed by atoms with Gasteiger partial charge in [0, 0.05) is 16.5 Å². The minimum Gasteiger partial charge on any atom is -0.309 e. The van der Waals surface area contributed by atoms with Gasteiger partial charge in [-0.05, 0) is 97.0 Å². The van der Waals surface area contributed by atoms with Gasteiger partial charge in [0.05, 0.1) is 11.0 Å².